The second-order valence-electron chi connectivity index (χ2n) is 8.65. The summed E-state index contributed by atoms with van der Waals surface area (Å²) in [4.78, 5) is 30.0. The second kappa shape index (κ2) is 7.86. The maximum Gasteiger partial charge on any atom is 0.410 e. The summed E-state index contributed by atoms with van der Waals surface area (Å²) in [6, 6.07) is 7.94. The molecule has 1 aromatic heterocycles. The van der Waals surface area contributed by atoms with Gasteiger partial charge in [-0.1, -0.05) is 18.2 Å². The molecule has 0 atom stereocenters. The summed E-state index contributed by atoms with van der Waals surface area (Å²) in [7, 11) is 0. The molecule has 0 aliphatic carbocycles. The molecule has 0 radical (unpaired) electrons. The van der Waals surface area contributed by atoms with Gasteiger partial charge in [0, 0.05) is 24.0 Å². The molecule has 1 aliphatic heterocycles. The molecule has 1 aromatic carbocycles. The third-order valence-electron chi connectivity index (χ3n) is 4.85. The van der Waals surface area contributed by atoms with Gasteiger partial charge in [0.15, 0.2) is 0 Å². The highest BCUT2D eigenvalue weighted by Crippen LogP contribution is 2.36. The van der Waals surface area contributed by atoms with E-state index >= 15 is 0 Å². The molecule has 1 saturated heterocycles. The molecule has 1 aliphatic rings. The molecule has 1 fully saturated rings. The van der Waals surface area contributed by atoms with Crippen LogP contribution < -0.4 is 0 Å². The Bertz CT molecular complexity index is 855. The lowest BCUT2D eigenvalue weighted by Gasteiger charge is -2.32. The largest absolute Gasteiger partial charge is 0.455 e. The SMILES string of the molecule is CC(C)OC(=O)N1CCC(c2c(C(=O)OC(C)(C)C)[nH]c3ccccc23)CC1. The highest BCUT2D eigenvalue weighted by atomic mass is 16.6. The predicted molar refractivity (Wildman–Crippen MR) is 109 cm³/mol. The van der Waals surface area contributed by atoms with Crippen molar-refractivity contribution in [1.82, 2.24) is 9.88 Å². The first-order chi connectivity index (χ1) is 13.2. The smallest absolute Gasteiger partial charge is 0.410 e. The Morgan fingerprint density at radius 3 is 2.39 bits per heavy atom. The number of piperidine rings is 1. The molecule has 1 amide bonds. The quantitative estimate of drug-likeness (QED) is 0.766. The number of para-hydroxylation sites is 1. The average molecular weight is 386 g/mol. The van der Waals surface area contributed by atoms with Crippen molar-refractivity contribution in [3.63, 3.8) is 0 Å². The van der Waals surface area contributed by atoms with Gasteiger partial charge >= 0.3 is 12.1 Å². The molecule has 0 saturated carbocycles. The standard InChI is InChI=1S/C22H30N2O4/c1-14(2)27-21(26)24-12-10-15(11-13-24)18-16-8-6-7-9-17(16)23-19(18)20(25)28-22(3,4)5/h6-9,14-15,23H,10-13H2,1-5H3. The number of carbonyl (C=O) groups excluding carboxylic acids is 2. The number of hydrogen-bond donors (Lipinski definition) is 1. The van der Waals surface area contributed by atoms with Gasteiger partial charge in [0.25, 0.3) is 0 Å². The van der Waals surface area contributed by atoms with E-state index in [9.17, 15) is 9.59 Å². The molecule has 0 spiro atoms. The zero-order valence-corrected chi connectivity index (χ0v) is 17.4. The first-order valence-corrected chi connectivity index (χ1v) is 9.95. The Morgan fingerprint density at radius 1 is 1.14 bits per heavy atom. The predicted octanol–water partition coefficient (Wildman–Crippen LogP) is 4.85. The van der Waals surface area contributed by atoms with Gasteiger partial charge in [0.1, 0.15) is 11.3 Å². The first-order valence-electron chi connectivity index (χ1n) is 9.95. The van der Waals surface area contributed by atoms with Gasteiger partial charge in [-0.3, -0.25) is 0 Å². The Labute approximate surface area is 166 Å². The normalized spacial score (nSPS) is 15.9. The fourth-order valence-electron chi connectivity index (χ4n) is 3.70. The molecule has 28 heavy (non-hydrogen) atoms. The van der Waals surface area contributed by atoms with E-state index < -0.39 is 5.60 Å². The number of ether oxygens (including phenoxy) is 2. The molecular weight excluding hydrogens is 356 g/mol. The lowest BCUT2D eigenvalue weighted by Crippen LogP contribution is -2.39. The molecule has 0 unspecified atom stereocenters. The van der Waals surface area contributed by atoms with Crippen molar-refractivity contribution in [2.24, 2.45) is 0 Å². The monoisotopic (exact) mass is 386 g/mol. The van der Waals surface area contributed by atoms with Crippen LogP contribution in [0.4, 0.5) is 4.79 Å². The van der Waals surface area contributed by atoms with Crippen LogP contribution in [0, 0.1) is 0 Å². The van der Waals surface area contributed by atoms with Gasteiger partial charge in [0.05, 0.1) is 6.10 Å². The van der Waals surface area contributed by atoms with E-state index in [1.165, 1.54) is 0 Å². The average Bonchev–Trinajstić information content (AvgIpc) is 2.99. The summed E-state index contributed by atoms with van der Waals surface area (Å²) < 4.78 is 10.9. The number of hydrogen-bond acceptors (Lipinski definition) is 4. The number of carbonyl (C=O) groups is 2. The van der Waals surface area contributed by atoms with Crippen molar-refractivity contribution in [1.29, 1.82) is 0 Å². The summed E-state index contributed by atoms with van der Waals surface area (Å²) in [5.74, 6) is -0.151. The van der Waals surface area contributed by atoms with Crippen LogP contribution in [0.3, 0.4) is 0 Å². The summed E-state index contributed by atoms with van der Waals surface area (Å²) in [5, 5.41) is 1.05. The lowest BCUT2D eigenvalue weighted by molar-refractivity contribution is 0.00609. The number of nitrogens with zero attached hydrogens (tertiary/aromatic N) is 1. The molecule has 6 heteroatoms. The minimum Gasteiger partial charge on any atom is -0.455 e. The van der Waals surface area contributed by atoms with Crippen LogP contribution in [0.2, 0.25) is 0 Å². The van der Waals surface area contributed by atoms with Gasteiger partial charge in [-0.15, -0.1) is 0 Å². The number of nitrogens with one attached hydrogen (secondary N) is 1. The summed E-state index contributed by atoms with van der Waals surface area (Å²) in [5.41, 5.74) is 1.90. The molecule has 2 aromatic rings. The van der Waals surface area contributed by atoms with Crippen LogP contribution in [0.5, 0.6) is 0 Å². The number of aromatic nitrogens is 1. The van der Waals surface area contributed by atoms with Crippen molar-refractivity contribution >= 4 is 23.0 Å². The van der Waals surface area contributed by atoms with E-state index in [0.29, 0.717) is 18.8 Å². The molecule has 6 nitrogen and oxygen atoms in total. The maximum absolute atomic E-state index is 12.8. The molecular formula is C22H30N2O4. The summed E-state index contributed by atoms with van der Waals surface area (Å²) >= 11 is 0. The molecule has 3 rings (SSSR count). The Kier molecular flexibility index (Phi) is 5.68. The van der Waals surface area contributed by atoms with Crippen LogP contribution in [0.25, 0.3) is 10.9 Å². The van der Waals surface area contributed by atoms with E-state index in [0.717, 1.165) is 29.3 Å². The minimum atomic E-state index is -0.560. The number of fused-ring (bicyclic) bond motifs is 1. The van der Waals surface area contributed by atoms with Gasteiger partial charge < -0.3 is 19.4 Å². The third kappa shape index (κ3) is 4.49. The van der Waals surface area contributed by atoms with Crippen molar-refractivity contribution in [2.75, 3.05) is 13.1 Å². The summed E-state index contributed by atoms with van der Waals surface area (Å²) in [6.07, 6.45) is 1.17. The van der Waals surface area contributed by atoms with Crippen LogP contribution in [0.1, 0.15) is 69.4 Å². The Morgan fingerprint density at radius 2 is 1.79 bits per heavy atom. The minimum absolute atomic E-state index is 0.127. The number of aromatic amines is 1. The van der Waals surface area contributed by atoms with Crippen LogP contribution in [0.15, 0.2) is 24.3 Å². The Balaban J connectivity index is 1.85. The zero-order chi connectivity index (χ0) is 20.5. The highest BCUT2D eigenvalue weighted by Gasteiger charge is 2.31. The van der Waals surface area contributed by atoms with Gasteiger partial charge in [-0.05, 0) is 65.0 Å². The molecule has 2 heterocycles. The molecule has 1 N–H and O–H groups in total. The lowest BCUT2D eigenvalue weighted by atomic mass is 9.87. The Hall–Kier alpha value is -2.50. The third-order valence-corrected chi connectivity index (χ3v) is 4.85. The van der Waals surface area contributed by atoms with E-state index in [4.69, 9.17) is 9.47 Å². The van der Waals surface area contributed by atoms with Crippen molar-refractivity contribution in [3.8, 4) is 0 Å². The van der Waals surface area contributed by atoms with E-state index in [-0.39, 0.29) is 24.1 Å². The van der Waals surface area contributed by atoms with Crippen LogP contribution in [-0.4, -0.2) is 46.7 Å². The number of H-pyrrole nitrogens is 1. The van der Waals surface area contributed by atoms with Crippen LogP contribution in [-0.2, 0) is 9.47 Å². The van der Waals surface area contributed by atoms with Gasteiger partial charge in [-0.2, -0.15) is 0 Å². The summed E-state index contributed by atoms with van der Waals surface area (Å²) in [6.45, 7) is 10.5. The molecule has 152 valence electrons. The zero-order valence-electron chi connectivity index (χ0n) is 17.4. The number of esters is 1. The topological polar surface area (TPSA) is 71.6 Å². The number of rotatable bonds is 3. The van der Waals surface area contributed by atoms with E-state index in [2.05, 4.69) is 4.98 Å². The molecule has 0 bridgehead atoms. The fraction of sp³-hybridized carbons (Fsp3) is 0.545. The first kappa shape index (κ1) is 20.2. The number of benzene rings is 1. The highest BCUT2D eigenvalue weighted by molar-refractivity contribution is 5.99. The number of likely N-dealkylation sites (tertiary alicyclic amines) is 1. The van der Waals surface area contributed by atoms with Gasteiger partial charge in [-0.25, -0.2) is 9.59 Å². The van der Waals surface area contributed by atoms with Crippen molar-refractivity contribution in [2.45, 2.75) is 65.1 Å². The van der Waals surface area contributed by atoms with Gasteiger partial charge in [0.2, 0.25) is 0 Å². The van der Waals surface area contributed by atoms with Crippen molar-refractivity contribution in [3.05, 3.63) is 35.5 Å². The van der Waals surface area contributed by atoms with E-state index in [1.54, 1.807) is 4.90 Å². The fourth-order valence-corrected chi connectivity index (χ4v) is 3.70. The second-order valence-corrected chi connectivity index (χ2v) is 8.65. The van der Waals surface area contributed by atoms with E-state index in [1.807, 2.05) is 58.9 Å². The number of amides is 1. The van der Waals surface area contributed by atoms with Crippen molar-refractivity contribution < 1.29 is 19.1 Å². The maximum atomic E-state index is 12.8. The van der Waals surface area contributed by atoms with Crippen LogP contribution >= 0.6 is 0 Å².